The second-order valence-electron chi connectivity index (χ2n) is 9.80. The van der Waals surface area contributed by atoms with E-state index in [0.717, 1.165) is 60.4 Å². The van der Waals surface area contributed by atoms with Crippen molar-refractivity contribution in [2.24, 2.45) is 0 Å². The number of ether oxygens (including phenoxy) is 5. The van der Waals surface area contributed by atoms with Gasteiger partial charge in [0.25, 0.3) is 0 Å². The van der Waals surface area contributed by atoms with E-state index in [1.807, 2.05) is 54.6 Å². The Morgan fingerprint density at radius 2 is 1.51 bits per heavy atom. The van der Waals surface area contributed by atoms with Gasteiger partial charge in [0.15, 0.2) is 11.5 Å². The first-order valence-corrected chi connectivity index (χ1v) is 14.7. The molecule has 210 valence electrons. The van der Waals surface area contributed by atoms with Crippen molar-refractivity contribution in [1.82, 2.24) is 4.90 Å². The smallest absolute Gasteiger partial charge is 0.170 e. The molecule has 1 aromatic heterocycles. The van der Waals surface area contributed by atoms with Crippen molar-refractivity contribution < 1.29 is 23.7 Å². The molecule has 7 heteroatoms. The van der Waals surface area contributed by atoms with Crippen LogP contribution in [0.25, 0.3) is 20.5 Å². The van der Waals surface area contributed by atoms with Gasteiger partial charge in [0.2, 0.25) is 0 Å². The van der Waals surface area contributed by atoms with Crippen LogP contribution in [-0.2, 0) is 11.3 Å². The molecule has 0 amide bonds. The molecule has 0 bridgehead atoms. The third-order valence-electron chi connectivity index (χ3n) is 7.03. The standard InChI is InChI=1S/C34H33NO5S/c1-36-31-23-30(39-24-25-7-3-2-4-8-25)29(34-21-26-9-5-6-10-33(26)41-34)22-32(31)40-28-13-11-27(12-14-28)38-20-17-35-15-18-37-19-16-35/h2-14,21-23H,15-20,24H2,1H3. The van der Waals surface area contributed by atoms with Crippen LogP contribution < -0.4 is 18.9 Å². The molecule has 1 aliphatic heterocycles. The summed E-state index contributed by atoms with van der Waals surface area (Å²) in [6, 6.07) is 32.4. The van der Waals surface area contributed by atoms with Gasteiger partial charge in [0.05, 0.1) is 20.3 Å². The fourth-order valence-electron chi connectivity index (χ4n) is 4.79. The van der Waals surface area contributed by atoms with E-state index >= 15 is 0 Å². The van der Waals surface area contributed by atoms with Crippen molar-refractivity contribution in [3.63, 3.8) is 0 Å². The van der Waals surface area contributed by atoms with Crippen molar-refractivity contribution in [2.45, 2.75) is 6.61 Å². The molecule has 0 unspecified atom stereocenters. The summed E-state index contributed by atoms with van der Waals surface area (Å²) < 4.78 is 31.1. The second kappa shape index (κ2) is 13.1. The van der Waals surface area contributed by atoms with E-state index in [2.05, 4.69) is 47.4 Å². The lowest BCUT2D eigenvalue weighted by molar-refractivity contribution is 0.0322. The zero-order chi connectivity index (χ0) is 27.9. The number of methoxy groups -OCH3 is 1. The van der Waals surface area contributed by atoms with E-state index in [0.29, 0.717) is 30.5 Å². The molecule has 6 rings (SSSR count). The molecular formula is C34H33NO5S. The number of hydrogen-bond donors (Lipinski definition) is 0. The maximum absolute atomic E-state index is 6.36. The second-order valence-corrected chi connectivity index (χ2v) is 10.9. The minimum atomic E-state index is 0.453. The first-order chi connectivity index (χ1) is 20.2. The number of benzene rings is 4. The summed E-state index contributed by atoms with van der Waals surface area (Å²) in [6.45, 7) is 5.47. The van der Waals surface area contributed by atoms with E-state index in [-0.39, 0.29) is 0 Å². The lowest BCUT2D eigenvalue weighted by Crippen LogP contribution is -2.38. The van der Waals surface area contributed by atoms with Crippen LogP contribution in [0.3, 0.4) is 0 Å². The van der Waals surface area contributed by atoms with Crippen molar-refractivity contribution in [3.8, 4) is 39.2 Å². The molecule has 0 saturated carbocycles. The highest BCUT2D eigenvalue weighted by Crippen LogP contribution is 2.45. The topological polar surface area (TPSA) is 49.4 Å². The molecule has 4 aromatic carbocycles. The molecule has 5 aromatic rings. The normalized spacial score (nSPS) is 13.7. The molecule has 1 saturated heterocycles. The molecule has 6 nitrogen and oxygen atoms in total. The van der Waals surface area contributed by atoms with Gasteiger partial charge in [-0.15, -0.1) is 11.3 Å². The quantitative estimate of drug-likeness (QED) is 0.163. The van der Waals surface area contributed by atoms with Crippen molar-refractivity contribution >= 4 is 21.4 Å². The lowest BCUT2D eigenvalue weighted by Gasteiger charge is -2.26. The van der Waals surface area contributed by atoms with Gasteiger partial charge < -0.3 is 23.7 Å². The van der Waals surface area contributed by atoms with Crippen LogP contribution in [0, 0.1) is 0 Å². The fourth-order valence-corrected chi connectivity index (χ4v) is 5.87. The van der Waals surface area contributed by atoms with Gasteiger partial charge in [-0.1, -0.05) is 48.5 Å². The van der Waals surface area contributed by atoms with E-state index in [1.54, 1.807) is 18.4 Å². The van der Waals surface area contributed by atoms with Crippen LogP contribution in [-0.4, -0.2) is 51.5 Å². The number of thiophene rings is 1. The van der Waals surface area contributed by atoms with Gasteiger partial charge in [-0.05, 0) is 53.4 Å². The van der Waals surface area contributed by atoms with Gasteiger partial charge in [-0.25, -0.2) is 0 Å². The minimum Gasteiger partial charge on any atom is -0.493 e. The number of nitrogens with zero attached hydrogens (tertiary/aromatic N) is 1. The predicted octanol–water partition coefficient (Wildman–Crippen LogP) is 7.66. The fraction of sp³-hybridized carbons (Fsp3) is 0.235. The Balaban J connectivity index is 1.22. The van der Waals surface area contributed by atoms with Crippen LogP contribution in [0.2, 0.25) is 0 Å². The molecule has 0 aliphatic carbocycles. The third-order valence-corrected chi connectivity index (χ3v) is 8.17. The Kier molecular flexibility index (Phi) is 8.66. The summed E-state index contributed by atoms with van der Waals surface area (Å²) in [5.74, 6) is 3.47. The van der Waals surface area contributed by atoms with E-state index in [1.165, 1.54) is 10.1 Å². The van der Waals surface area contributed by atoms with Crippen LogP contribution in [0.4, 0.5) is 0 Å². The molecular weight excluding hydrogens is 534 g/mol. The molecule has 0 N–H and O–H groups in total. The summed E-state index contributed by atoms with van der Waals surface area (Å²) >= 11 is 1.73. The zero-order valence-electron chi connectivity index (χ0n) is 23.1. The number of morpholine rings is 1. The number of hydrogen-bond acceptors (Lipinski definition) is 7. The third kappa shape index (κ3) is 6.82. The molecule has 1 fully saturated rings. The van der Waals surface area contributed by atoms with Crippen molar-refractivity contribution in [2.75, 3.05) is 46.6 Å². The van der Waals surface area contributed by atoms with Crippen LogP contribution in [0.1, 0.15) is 5.56 Å². The Bertz CT molecular complexity index is 1530. The lowest BCUT2D eigenvalue weighted by atomic mass is 10.1. The number of fused-ring (bicyclic) bond motifs is 1. The maximum atomic E-state index is 6.36. The number of rotatable bonds is 11. The van der Waals surface area contributed by atoms with Crippen molar-refractivity contribution in [3.05, 3.63) is 103 Å². The Labute approximate surface area is 244 Å². The van der Waals surface area contributed by atoms with Gasteiger partial charge >= 0.3 is 0 Å². The first-order valence-electron chi connectivity index (χ1n) is 13.8. The highest BCUT2D eigenvalue weighted by atomic mass is 32.1. The summed E-state index contributed by atoms with van der Waals surface area (Å²) in [5.41, 5.74) is 2.06. The highest BCUT2D eigenvalue weighted by Gasteiger charge is 2.18. The van der Waals surface area contributed by atoms with Crippen LogP contribution in [0.5, 0.6) is 28.7 Å². The molecule has 1 aliphatic rings. The Morgan fingerprint density at radius 1 is 0.756 bits per heavy atom. The van der Waals surface area contributed by atoms with Gasteiger partial charge in [-0.3, -0.25) is 4.90 Å². The van der Waals surface area contributed by atoms with E-state index in [4.69, 9.17) is 23.7 Å². The van der Waals surface area contributed by atoms with E-state index in [9.17, 15) is 0 Å². The Hall–Kier alpha value is -4.04. The summed E-state index contributed by atoms with van der Waals surface area (Å²) in [7, 11) is 1.65. The van der Waals surface area contributed by atoms with Gasteiger partial charge in [0, 0.05) is 40.8 Å². The minimum absolute atomic E-state index is 0.453. The van der Waals surface area contributed by atoms with Crippen LogP contribution in [0.15, 0.2) is 97.1 Å². The molecule has 41 heavy (non-hydrogen) atoms. The highest BCUT2D eigenvalue weighted by molar-refractivity contribution is 7.22. The first kappa shape index (κ1) is 27.1. The molecule has 2 heterocycles. The largest absolute Gasteiger partial charge is 0.493 e. The summed E-state index contributed by atoms with van der Waals surface area (Å²) in [4.78, 5) is 3.46. The summed E-state index contributed by atoms with van der Waals surface area (Å²) in [6.07, 6.45) is 0. The molecule has 0 atom stereocenters. The molecule has 0 radical (unpaired) electrons. The maximum Gasteiger partial charge on any atom is 0.170 e. The van der Waals surface area contributed by atoms with Gasteiger partial charge in [0.1, 0.15) is 30.5 Å². The average molecular weight is 568 g/mol. The van der Waals surface area contributed by atoms with Gasteiger partial charge in [-0.2, -0.15) is 0 Å². The van der Waals surface area contributed by atoms with Crippen LogP contribution >= 0.6 is 11.3 Å². The monoisotopic (exact) mass is 567 g/mol. The summed E-state index contributed by atoms with van der Waals surface area (Å²) in [5, 5.41) is 1.20. The molecule has 0 spiro atoms. The Morgan fingerprint density at radius 3 is 2.29 bits per heavy atom. The predicted molar refractivity (Wildman–Crippen MR) is 164 cm³/mol. The average Bonchev–Trinajstić information content (AvgIpc) is 3.46. The van der Waals surface area contributed by atoms with Crippen molar-refractivity contribution in [1.29, 1.82) is 0 Å². The zero-order valence-corrected chi connectivity index (χ0v) is 23.9. The van der Waals surface area contributed by atoms with E-state index < -0.39 is 0 Å². The SMILES string of the molecule is COc1cc(OCc2ccccc2)c(-c2cc3ccccc3s2)cc1Oc1ccc(OCCN2CCOCC2)cc1.